The minimum atomic E-state index is -1.55. The maximum atomic E-state index is 12.6. The van der Waals surface area contributed by atoms with E-state index in [1.165, 1.54) is 26.2 Å². The van der Waals surface area contributed by atoms with E-state index in [-0.39, 0.29) is 5.57 Å². The number of benzene rings is 1. The third-order valence-corrected chi connectivity index (χ3v) is 3.96. The van der Waals surface area contributed by atoms with Crippen molar-refractivity contribution in [3.63, 3.8) is 0 Å². The molecule has 138 valence electrons. The Labute approximate surface area is 152 Å². The van der Waals surface area contributed by atoms with Gasteiger partial charge in [0.2, 0.25) is 0 Å². The number of carbonyl (C=O) groups excluding carboxylic acids is 3. The summed E-state index contributed by atoms with van der Waals surface area (Å²) in [7, 11) is 1.26. The van der Waals surface area contributed by atoms with Gasteiger partial charge in [0, 0.05) is 19.4 Å². The Bertz CT molecular complexity index is 747. The molecule has 0 radical (unpaired) electrons. The lowest BCUT2D eigenvalue weighted by molar-refractivity contribution is -0.206. The van der Waals surface area contributed by atoms with Crippen LogP contribution >= 0.6 is 0 Å². The van der Waals surface area contributed by atoms with Crippen LogP contribution in [0.1, 0.15) is 38.7 Å². The van der Waals surface area contributed by atoms with Crippen LogP contribution in [0.2, 0.25) is 0 Å². The number of esters is 3. The molecule has 0 bridgehead atoms. The number of cyclic esters (lactones) is 1. The molecule has 1 aliphatic heterocycles. The fourth-order valence-corrected chi connectivity index (χ4v) is 2.82. The summed E-state index contributed by atoms with van der Waals surface area (Å²) in [5.41, 5.74) is 1.22. The van der Waals surface area contributed by atoms with Gasteiger partial charge in [-0.1, -0.05) is 43.7 Å². The molecule has 0 fully saturated rings. The normalized spacial score (nSPS) is 19.6. The summed E-state index contributed by atoms with van der Waals surface area (Å²) in [4.78, 5) is 35.9. The average molecular weight is 358 g/mol. The Morgan fingerprint density at radius 3 is 2.50 bits per heavy atom. The SMILES string of the molecule is CCCCC1(OC(C)=O)OC(=O)C(c2ccccc2)=C1/C=C/C(=O)OC. The molecule has 0 aliphatic carbocycles. The van der Waals surface area contributed by atoms with E-state index in [4.69, 9.17) is 9.47 Å². The number of carbonyl (C=O) groups is 3. The van der Waals surface area contributed by atoms with E-state index in [9.17, 15) is 14.4 Å². The van der Waals surface area contributed by atoms with Crippen molar-refractivity contribution in [3.8, 4) is 0 Å². The van der Waals surface area contributed by atoms with E-state index in [2.05, 4.69) is 4.74 Å². The first-order chi connectivity index (χ1) is 12.4. The van der Waals surface area contributed by atoms with Gasteiger partial charge < -0.3 is 14.2 Å². The Kier molecular flexibility index (Phi) is 6.33. The van der Waals surface area contributed by atoms with Crippen LogP contribution in [0.4, 0.5) is 0 Å². The van der Waals surface area contributed by atoms with Crippen LogP contribution in [0.5, 0.6) is 0 Å². The van der Waals surface area contributed by atoms with Crippen molar-refractivity contribution in [1.29, 1.82) is 0 Å². The lowest BCUT2D eigenvalue weighted by Gasteiger charge is -2.28. The van der Waals surface area contributed by atoms with Crippen molar-refractivity contribution in [1.82, 2.24) is 0 Å². The van der Waals surface area contributed by atoms with Crippen LogP contribution in [-0.2, 0) is 28.6 Å². The molecular weight excluding hydrogens is 336 g/mol. The summed E-state index contributed by atoms with van der Waals surface area (Å²) >= 11 is 0. The zero-order chi connectivity index (χ0) is 19.2. The molecule has 1 heterocycles. The second-order valence-corrected chi connectivity index (χ2v) is 5.85. The largest absolute Gasteiger partial charge is 0.466 e. The zero-order valence-electron chi connectivity index (χ0n) is 15.1. The maximum Gasteiger partial charge on any atom is 0.342 e. The molecule has 0 saturated heterocycles. The first kappa shape index (κ1) is 19.4. The molecule has 1 aromatic rings. The molecule has 0 N–H and O–H groups in total. The number of methoxy groups -OCH3 is 1. The summed E-state index contributed by atoms with van der Waals surface area (Å²) < 4.78 is 15.6. The van der Waals surface area contributed by atoms with Gasteiger partial charge in [0.15, 0.2) is 0 Å². The number of hydrogen-bond donors (Lipinski definition) is 0. The van der Waals surface area contributed by atoms with Gasteiger partial charge in [-0.3, -0.25) is 4.79 Å². The monoisotopic (exact) mass is 358 g/mol. The minimum absolute atomic E-state index is 0.267. The fraction of sp³-hybridized carbons (Fsp3) is 0.350. The molecule has 6 heteroatoms. The highest BCUT2D eigenvalue weighted by Crippen LogP contribution is 2.43. The Morgan fingerprint density at radius 1 is 1.23 bits per heavy atom. The summed E-state index contributed by atoms with van der Waals surface area (Å²) in [5, 5.41) is 0. The van der Waals surface area contributed by atoms with Crippen molar-refractivity contribution in [3.05, 3.63) is 53.6 Å². The number of rotatable bonds is 7. The van der Waals surface area contributed by atoms with Crippen LogP contribution in [0.25, 0.3) is 5.57 Å². The molecule has 6 nitrogen and oxygen atoms in total. The molecule has 0 amide bonds. The Morgan fingerprint density at radius 2 is 1.92 bits per heavy atom. The van der Waals surface area contributed by atoms with Crippen LogP contribution in [0, 0.1) is 0 Å². The molecule has 1 aliphatic rings. The van der Waals surface area contributed by atoms with Gasteiger partial charge >= 0.3 is 17.9 Å². The highest BCUT2D eigenvalue weighted by molar-refractivity contribution is 6.20. The Balaban J connectivity index is 2.64. The lowest BCUT2D eigenvalue weighted by atomic mass is 9.93. The standard InChI is InChI=1S/C20H22O6/c1-4-5-13-20(25-14(2)21)16(11-12-17(22)24-3)18(19(23)26-20)15-9-7-6-8-10-15/h6-12H,4-5,13H2,1-3H3/b12-11+. The van der Waals surface area contributed by atoms with Gasteiger partial charge in [-0.25, -0.2) is 9.59 Å². The lowest BCUT2D eigenvalue weighted by Crippen LogP contribution is -2.37. The molecule has 1 unspecified atom stereocenters. The van der Waals surface area contributed by atoms with Crippen molar-refractivity contribution in [2.45, 2.75) is 38.9 Å². The summed E-state index contributed by atoms with van der Waals surface area (Å²) in [5.74, 6) is -3.31. The quantitative estimate of drug-likeness (QED) is 0.550. The van der Waals surface area contributed by atoms with E-state index < -0.39 is 23.7 Å². The molecular formula is C20H22O6. The second kappa shape index (κ2) is 8.47. The van der Waals surface area contributed by atoms with E-state index in [0.29, 0.717) is 24.0 Å². The summed E-state index contributed by atoms with van der Waals surface area (Å²) in [6.07, 6.45) is 4.39. The first-order valence-corrected chi connectivity index (χ1v) is 8.42. The third-order valence-electron chi connectivity index (χ3n) is 3.96. The second-order valence-electron chi connectivity index (χ2n) is 5.85. The summed E-state index contributed by atoms with van der Waals surface area (Å²) in [6, 6.07) is 8.91. The highest BCUT2D eigenvalue weighted by Gasteiger charge is 2.49. The molecule has 2 rings (SSSR count). The Hall–Kier alpha value is -2.89. The van der Waals surface area contributed by atoms with Crippen LogP contribution in [0.3, 0.4) is 0 Å². The zero-order valence-corrected chi connectivity index (χ0v) is 15.1. The molecule has 1 atom stereocenters. The molecule has 1 aromatic carbocycles. The van der Waals surface area contributed by atoms with E-state index in [1.807, 2.05) is 13.0 Å². The topological polar surface area (TPSA) is 78.9 Å². The van der Waals surface area contributed by atoms with E-state index >= 15 is 0 Å². The smallest absolute Gasteiger partial charge is 0.342 e. The van der Waals surface area contributed by atoms with Crippen LogP contribution in [0.15, 0.2) is 48.1 Å². The van der Waals surface area contributed by atoms with E-state index in [0.717, 1.165) is 6.42 Å². The van der Waals surface area contributed by atoms with Crippen molar-refractivity contribution in [2.75, 3.05) is 7.11 Å². The molecule has 0 aromatic heterocycles. The van der Waals surface area contributed by atoms with Crippen molar-refractivity contribution in [2.24, 2.45) is 0 Å². The van der Waals surface area contributed by atoms with Crippen molar-refractivity contribution < 1.29 is 28.6 Å². The fourth-order valence-electron chi connectivity index (χ4n) is 2.82. The number of hydrogen-bond acceptors (Lipinski definition) is 6. The predicted octanol–water partition coefficient (Wildman–Crippen LogP) is 3.18. The molecule has 0 saturated carbocycles. The molecule has 0 spiro atoms. The minimum Gasteiger partial charge on any atom is -0.466 e. The maximum absolute atomic E-state index is 12.6. The van der Waals surface area contributed by atoms with Gasteiger partial charge in [-0.15, -0.1) is 0 Å². The van der Waals surface area contributed by atoms with E-state index in [1.54, 1.807) is 24.3 Å². The number of unbranched alkanes of at least 4 members (excludes halogenated alkanes) is 1. The van der Waals surface area contributed by atoms with Gasteiger partial charge in [0.1, 0.15) is 0 Å². The predicted molar refractivity (Wildman–Crippen MR) is 94.6 cm³/mol. The van der Waals surface area contributed by atoms with Gasteiger partial charge in [0.25, 0.3) is 5.79 Å². The first-order valence-electron chi connectivity index (χ1n) is 8.42. The molecule has 26 heavy (non-hydrogen) atoms. The average Bonchev–Trinajstić information content (AvgIpc) is 2.89. The van der Waals surface area contributed by atoms with Gasteiger partial charge in [-0.2, -0.15) is 0 Å². The van der Waals surface area contributed by atoms with Gasteiger partial charge in [0.05, 0.1) is 18.3 Å². The number of ether oxygens (including phenoxy) is 3. The van der Waals surface area contributed by atoms with Crippen molar-refractivity contribution >= 4 is 23.5 Å². The van der Waals surface area contributed by atoms with Crippen LogP contribution < -0.4 is 0 Å². The van der Waals surface area contributed by atoms with Gasteiger partial charge in [-0.05, 0) is 18.1 Å². The summed E-state index contributed by atoms with van der Waals surface area (Å²) in [6.45, 7) is 3.23. The highest BCUT2D eigenvalue weighted by atomic mass is 16.7. The third kappa shape index (κ3) is 4.20. The van der Waals surface area contributed by atoms with Crippen LogP contribution in [-0.4, -0.2) is 30.8 Å².